The molecule has 0 unspecified atom stereocenters. The fraction of sp³-hybridized carbons (Fsp3) is 0.500. The molecular formula is C16H19N5OS3. The van der Waals surface area contributed by atoms with Gasteiger partial charge in [0.15, 0.2) is 0 Å². The van der Waals surface area contributed by atoms with E-state index in [9.17, 15) is 4.79 Å². The van der Waals surface area contributed by atoms with Crippen LogP contribution in [0, 0.1) is 0 Å². The van der Waals surface area contributed by atoms with Gasteiger partial charge in [-0.15, -0.1) is 28.6 Å². The number of hydrogen-bond acceptors (Lipinski definition) is 7. The zero-order valence-corrected chi connectivity index (χ0v) is 16.2. The number of anilines is 1. The lowest BCUT2D eigenvalue weighted by atomic mass is 10.2. The van der Waals surface area contributed by atoms with Gasteiger partial charge in [-0.1, -0.05) is 23.9 Å². The highest BCUT2D eigenvalue weighted by Crippen LogP contribution is 2.45. The van der Waals surface area contributed by atoms with Crippen molar-refractivity contribution < 1.29 is 4.79 Å². The minimum Gasteiger partial charge on any atom is -0.325 e. The molecule has 2 fully saturated rings. The van der Waals surface area contributed by atoms with Crippen molar-refractivity contribution >= 4 is 46.9 Å². The zero-order valence-electron chi connectivity index (χ0n) is 13.8. The third kappa shape index (κ3) is 4.15. The number of carbonyl (C=O) groups is 1. The number of carbonyl (C=O) groups excluding carboxylic acids is 1. The number of tetrazole rings is 1. The Balaban J connectivity index is 1.39. The smallest absolute Gasteiger partial charge is 0.237 e. The quantitative estimate of drug-likeness (QED) is 0.752. The molecule has 2 heterocycles. The van der Waals surface area contributed by atoms with E-state index in [1.165, 1.54) is 28.8 Å². The summed E-state index contributed by atoms with van der Waals surface area (Å²) in [6.45, 7) is 1.89. The van der Waals surface area contributed by atoms with Crippen molar-refractivity contribution in [2.45, 2.75) is 40.8 Å². The average molecular weight is 394 g/mol. The Labute approximate surface area is 159 Å². The molecule has 1 aliphatic heterocycles. The van der Waals surface area contributed by atoms with Crippen molar-refractivity contribution in [1.82, 2.24) is 20.2 Å². The molecule has 0 spiro atoms. The van der Waals surface area contributed by atoms with E-state index in [1.54, 1.807) is 0 Å². The van der Waals surface area contributed by atoms with Gasteiger partial charge in [0.2, 0.25) is 11.1 Å². The van der Waals surface area contributed by atoms with Gasteiger partial charge < -0.3 is 5.32 Å². The lowest BCUT2D eigenvalue weighted by Crippen LogP contribution is -2.23. The van der Waals surface area contributed by atoms with Crippen molar-refractivity contribution in [3.05, 3.63) is 29.8 Å². The first-order valence-corrected chi connectivity index (χ1v) is 11.3. The van der Waals surface area contributed by atoms with Crippen molar-refractivity contribution in [1.29, 1.82) is 0 Å². The van der Waals surface area contributed by atoms with Crippen LogP contribution in [-0.2, 0) is 4.79 Å². The second kappa shape index (κ2) is 7.59. The van der Waals surface area contributed by atoms with Crippen molar-refractivity contribution in [2.24, 2.45) is 0 Å². The molecule has 4 rings (SSSR count). The van der Waals surface area contributed by atoms with Gasteiger partial charge in [0.05, 0.1) is 15.9 Å². The number of nitrogens with one attached hydrogen (secondary N) is 1. The van der Waals surface area contributed by atoms with Crippen LogP contribution in [0.3, 0.4) is 0 Å². The minimum atomic E-state index is -0.262. The first-order valence-electron chi connectivity index (χ1n) is 8.29. The lowest BCUT2D eigenvalue weighted by molar-refractivity contribution is -0.115. The van der Waals surface area contributed by atoms with Crippen LogP contribution in [0.1, 0.15) is 36.0 Å². The van der Waals surface area contributed by atoms with E-state index in [4.69, 9.17) is 0 Å². The monoisotopic (exact) mass is 393 g/mol. The Kier molecular flexibility index (Phi) is 5.23. The Morgan fingerprint density at radius 1 is 1.36 bits per heavy atom. The highest BCUT2D eigenvalue weighted by atomic mass is 32.2. The summed E-state index contributed by atoms with van der Waals surface area (Å²) < 4.78 is 2.32. The molecule has 0 bridgehead atoms. The number of amides is 1. The summed E-state index contributed by atoms with van der Waals surface area (Å²) >= 11 is 5.34. The van der Waals surface area contributed by atoms with E-state index in [2.05, 4.69) is 33.0 Å². The van der Waals surface area contributed by atoms with Crippen molar-refractivity contribution in [3.63, 3.8) is 0 Å². The molecule has 1 aliphatic carbocycles. The first-order chi connectivity index (χ1) is 12.2. The predicted molar refractivity (Wildman–Crippen MR) is 104 cm³/mol. The lowest BCUT2D eigenvalue weighted by Gasteiger charge is -2.14. The van der Waals surface area contributed by atoms with Crippen molar-refractivity contribution in [2.75, 3.05) is 16.8 Å². The minimum absolute atomic E-state index is 0.0285. The maximum Gasteiger partial charge on any atom is 0.237 e. The topological polar surface area (TPSA) is 72.7 Å². The molecule has 25 heavy (non-hydrogen) atoms. The van der Waals surface area contributed by atoms with E-state index in [0.717, 1.165) is 23.7 Å². The highest BCUT2D eigenvalue weighted by molar-refractivity contribution is 8.19. The number of nitrogens with zero attached hydrogens (tertiary/aromatic N) is 4. The molecule has 2 aromatic rings. The van der Waals surface area contributed by atoms with Crippen LogP contribution in [0.5, 0.6) is 0 Å². The van der Waals surface area contributed by atoms with Crippen molar-refractivity contribution in [3.8, 4) is 0 Å². The van der Waals surface area contributed by atoms with Crippen LogP contribution < -0.4 is 5.32 Å². The fourth-order valence-electron chi connectivity index (χ4n) is 2.58. The standard InChI is InChI=1S/C16H19N5OS3/c1-10(25-16-18-19-20-21(16)13-5-6-13)14(22)17-12-4-2-3-11(9-12)15-23-7-8-24-15/h2-4,9-10,13,15H,5-8H2,1H3,(H,17,22)/t10-/m0/s1. The number of benzene rings is 1. The van der Waals surface area contributed by atoms with Gasteiger partial charge in [0.25, 0.3) is 0 Å². The summed E-state index contributed by atoms with van der Waals surface area (Å²) in [5.74, 6) is 2.35. The van der Waals surface area contributed by atoms with E-state index in [-0.39, 0.29) is 11.2 Å². The van der Waals surface area contributed by atoms with E-state index in [1.807, 2.05) is 47.3 Å². The molecule has 1 aromatic carbocycles. The first kappa shape index (κ1) is 17.2. The molecular weight excluding hydrogens is 374 g/mol. The highest BCUT2D eigenvalue weighted by Gasteiger charge is 2.29. The Morgan fingerprint density at radius 2 is 2.16 bits per heavy atom. The SMILES string of the molecule is C[C@H](Sc1nnnn1C1CC1)C(=O)Nc1cccc(C2SCCS2)c1. The van der Waals surface area contributed by atoms with Gasteiger partial charge in [-0.05, 0) is 47.9 Å². The molecule has 132 valence electrons. The van der Waals surface area contributed by atoms with Gasteiger partial charge in [0, 0.05) is 17.2 Å². The molecule has 1 aromatic heterocycles. The Bertz CT molecular complexity index is 758. The Morgan fingerprint density at radius 3 is 2.92 bits per heavy atom. The largest absolute Gasteiger partial charge is 0.325 e. The third-order valence-corrected chi connectivity index (χ3v) is 8.21. The second-order valence-corrected chi connectivity index (χ2v) is 10.1. The van der Waals surface area contributed by atoms with Crippen LogP contribution in [0.15, 0.2) is 29.4 Å². The van der Waals surface area contributed by atoms with E-state index >= 15 is 0 Å². The van der Waals surface area contributed by atoms with Gasteiger partial charge in [-0.3, -0.25) is 4.79 Å². The number of hydrogen-bond donors (Lipinski definition) is 1. The van der Waals surface area contributed by atoms with Crippen LogP contribution >= 0.6 is 35.3 Å². The van der Waals surface area contributed by atoms with Crippen LogP contribution in [0.2, 0.25) is 0 Å². The molecule has 9 heteroatoms. The van der Waals surface area contributed by atoms with Gasteiger partial charge in [0.1, 0.15) is 0 Å². The summed E-state index contributed by atoms with van der Waals surface area (Å²) in [6, 6.07) is 8.58. The molecule has 1 saturated carbocycles. The predicted octanol–water partition coefficient (Wildman–Crippen LogP) is 3.61. The summed E-state index contributed by atoms with van der Waals surface area (Å²) in [7, 11) is 0. The molecule has 2 aliphatic rings. The second-order valence-electron chi connectivity index (χ2n) is 6.09. The summed E-state index contributed by atoms with van der Waals surface area (Å²) in [6.07, 6.45) is 2.23. The molecule has 1 N–H and O–H groups in total. The van der Waals surface area contributed by atoms with Gasteiger partial charge in [-0.25, -0.2) is 4.68 Å². The molecule has 0 radical (unpaired) electrons. The maximum atomic E-state index is 12.5. The van der Waals surface area contributed by atoms with E-state index in [0.29, 0.717) is 10.6 Å². The van der Waals surface area contributed by atoms with Crippen LogP contribution in [-0.4, -0.2) is 42.9 Å². The summed E-state index contributed by atoms with van der Waals surface area (Å²) in [5.41, 5.74) is 2.12. The number of thioether (sulfide) groups is 3. The van der Waals surface area contributed by atoms with E-state index < -0.39 is 0 Å². The zero-order chi connectivity index (χ0) is 17.2. The van der Waals surface area contributed by atoms with Crippen LogP contribution in [0.4, 0.5) is 5.69 Å². The maximum absolute atomic E-state index is 12.5. The summed E-state index contributed by atoms with van der Waals surface area (Å²) in [4.78, 5) is 12.5. The Hall–Kier alpha value is -1.19. The normalized spacial score (nSPS) is 19.1. The van der Waals surface area contributed by atoms with Gasteiger partial charge >= 0.3 is 0 Å². The molecule has 1 atom stereocenters. The number of aromatic nitrogens is 4. The van der Waals surface area contributed by atoms with Gasteiger partial charge in [-0.2, -0.15) is 0 Å². The number of rotatable bonds is 6. The molecule has 6 nitrogen and oxygen atoms in total. The summed E-state index contributed by atoms with van der Waals surface area (Å²) in [5, 5.41) is 15.3. The third-order valence-electron chi connectivity index (χ3n) is 4.05. The van der Waals surface area contributed by atoms with Crippen LogP contribution in [0.25, 0.3) is 0 Å². The molecule has 1 saturated heterocycles. The average Bonchev–Trinajstić information content (AvgIpc) is 3.11. The molecule has 1 amide bonds. The fourth-order valence-corrected chi connectivity index (χ4v) is 6.28.